The zero-order valence-corrected chi connectivity index (χ0v) is 14.3. The van der Waals surface area contributed by atoms with Crippen LogP contribution in [0.25, 0.3) is 0 Å². The fraction of sp³-hybridized carbons (Fsp3) is 0.500. The molecule has 1 N–H and O–H groups in total. The minimum Gasteiger partial charge on any atom is -0.497 e. The van der Waals surface area contributed by atoms with E-state index in [1.807, 2.05) is 12.1 Å². The maximum atomic E-state index is 5.51. The van der Waals surface area contributed by atoms with Crippen molar-refractivity contribution < 1.29 is 9.47 Å². The van der Waals surface area contributed by atoms with Crippen molar-refractivity contribution in [3.63, 3.8) is 0 Å². The van der Waals surface area contributed by atoms with Gasteiger partial charge in [0.25, 0.3) is 0 Å². The summed E-state index contributed by atoms with van der Waals surface area (Å²) in [6, 6.07) is 6.38. The van der Waals surface area contributed by atoms with Crippen LogP contribution in [0, 0.1) is 13.8 Å². The lowest BCUT2D eigenvalue weighted by atomic mass is 10.00. The third kappa shape index (κ3) is 3.06. The Hall–Kier alpha value is -2.01. The van der Waals surface area contributed by atoms with Crippen molar-refractivity contribution >= 4 is 0 Å². The second kappa shape index (κ2) is 6.62. The Balaban J connectivity index is 1.77. The number of aryl methyl sites for hydroxylation is 3. The number of fused-ring (bicyclic) bond motifs is 1. The molecule has 2 heterocycles. The monoisotopic (exact) mass is 315 g/mol. The summed E-state index contributed by atoms with van der Waals surface area (Å²) in [6.45, 7) is 6.19. The molecule has 0 spiro atoms. The molecule has 3 rings (SSSR count). The highest BCUT2D eigenvalue weighted by Gasteiger charge is 2.24. The van der Waals surface area contributed by atoms with E-state index in [2.05, 4.69) is 34.8 Å². The van der Waals surface area contributed by atoms with Crippen molar-refractivity contribution in [1.82, 2.24) is 14.9 Å². The molecule has 0 aliphatic carbocycles. The molecule has 23 heavy (non-hydrogen) atoms. The minimum atomic E-state index is 0.344. The third-order valence-corrected chi connectivity index (χ3v) is 4.63. The summed E-state index contributed by atoms with van der Waals surface area (Å²) in [5.41, 5.74) is 3.68. The summed E-state index contributed by atoms with van der Waals surface area (Å²) in [6.07, 6.45) is 1.98. The maximum absolute atomic E-state index is 5.51. The first-order valence-electron chi connectivity index (χ1n) is 8.12. The molecule has 0 saturated carbocycles. The molecule has 1 atom stereocenters. The highest BCUT2D eigenvalue weighted by atomic mass is 16.5. The van der Waals surface area contributed by atoms with E-state index >= 15 is 0 Å². The van der Waals surface area contributed by atoms with Crippen LogP contribution in [0.5, 0.6) is 11.5 Å². The first-order chi connectivity index (χ1) is 11.1. The Morgan fingerprint density at radius 1 is 1.26 bits per heavy atom. The molecule has 1 aliphatic heterocycles. The summed E-state index contributed by atoms with van der Waals surface area (Å²) >= 11 is 0. The average Bonchev–Trinajstić information content (AvgIpc) is 2.87. The molecule has 5 heteroatoms. The lowest BCUT2D eigenvalue weighted by molar-refractivity contribution is 0.382. The molecule has 0 fully saturated rings. The number of methoxy groups -OCH3 is 2. The number of benzene rings is 1. The summed E-state index contributed by atoms with van der Waals surface area (Å²) < 4.78 is 13.1. The molecule has 0 bridgehead atoms. The van der Waals surface area contributed by atoms with Crippen LogP contribution in [-0.4, -0.2) is 30.3 Å². The van der Waals surface area contributed by atoms with E-state index in [1.54, 1.807) is 14.2 Å². The smallest absolute Gasteiger partial charge is 0.125 e. The van der Waals surface area contributed by atoms with Gasteiger partial charge in [-0.15, -0.1) is 0 Å². The molecule has 1 aliphatic rings. The third-order valence-electron chi connectivity index (χ3n) is 4.63. The number of hydrogen-bond acceptors (Lipinski definition) is 4. The van der Waals surface area contributed by atoms with Crippen LogP contribution in [0.2, 0.25) is 0 Å². The summed E-state index contributed by atoms with van der Waals surface area (Å²) in [7, 11) is 3.38. The number of hydrogen-bond donors (Lipinski definition) is 1. The van der Waals surface area contributed by atoms with Crippen LogP contribution in [0.4, 0.5) is 0 Å². The van der Waals surface area contributed by atoms with Gasteiger partial charge in [0, 0.05) is 25.2 Å². The standard InChI is InChI=1S/C18H25N3O2/c1-12-18-16(19-9-10-21(18)13(2)20-12)8-6-14-5-7-15(22-3)11-17(14)23-4/h5,7,11,16,19H,6,8-10H2,1-4H3/t16-/m1/s1. The molecule has 124 valence electrons. The van der Waals surface area contributed by atoms with E-state index in [9.17, 15) is 0 Å². The van der Waals surface area contributed by atoms with Gasteiger partial charge < -0.3 is 19.4 Å². The largest absolute Gasteiger partial charge is 0.497 e. The Bertz CT molecular complexity index is 694. The number of imidazole rings is 1. The van der Waals surface area contributed by atoms with Crippen molar-refractivity contribution in [2.24, 2.45) is 0 Å². The lowest BCUT2D eigenvalue weighted by Crippen LogP contribution is -2.34. The fourth-order valence-corrected chi connectivity index (χ4v) is 3.50. The minimum absolute atomic E-state index is 0.344. The lowest BCUT2D eigenvalue weighted by Gasteiger charge is -2.27. The molecule has 1 aromatic carbocycles. The van der Waals surface area contributed by atoms with Crippen LogP contribution < -0.4 is 14.8 Å². The highest BCUT2D eigenvalue weighted by Crippen LogP contribution is 2.30. The van der Waals surface area contributed by atoms with Gasteiger partial charge in [0.2, 0.25) is 0 Å². The fourth-order valence-electron chi connectivity index (χ4n) is 3.50. The van der Waals surface area contributed by atoms with Crippen molar-refractivity contribution in [2.45, 2.75) is 39.3 Å². The summed E-state index contributed by atoms with van der Waals surface area (Å²) in [5, 5.41) is 3.63. The Morgan fingerprint density at radius 2 is 2.09 bits per heavy atom. The van der Waals surface area contributed by atoms with E-state index < -0.39 is 0 Å². The topological polar surface area (TPSA) is 48.3 Å². The van der Waals surface area contributed by atoms with Gasteiger partial charge >= 0.3 is 0 Å². The Kier molecular flexibility index (Phi) is 4.57. The van der Waals surface area contributed by atoms with E-state index in [0.29, 0.717) is 6.04 Å². The van der Waals surface area contributed by atoms with Gasteiger partial charge in [0.1, 0.15) is 17.3 Å². The van der Waals surface area contributed by atoms with Gasteiger partial charge in [-0.3, -0.25) is 0 Å². The van der Waals surface area contributed by atoms with Crippen LogP contribution in [0.15, 0.2) is 18.2 Å². The number of nitrogens with zero attached hydrogens (tertiary/aromatic N) is 2. The van der Waals surface area contributed by atoms with Gasteiger partial charge in [-0.2, -0.15) is 0 Å². The van der Waals surface area contributed by atoms with Crippen LogP contribution >= 0.6 is 0 Å². The molecule has 0 radical (unpaired) electrons. The predicted molar refractivity (Wildman–Crippen MR) is 90.3 cm³/mol. The van der Waals surface area contributed by atoms with Crippen LogP contribution in [0.1, 0.15) is 35.2 Å². The van der Waals surface area contributed by atoms with E-state index in [1.165, 1.54) is 11.3 Å². The van der Waals surface area contributed by atoms with Crippen molar-refractivity contribution in [3.8, 4) is 11.5 Å². The Morgan fingerprint density at radius 3 is 2.83 bits per heavy atom. The maximum Gasteiger partial charge on any atom is 0.125 e. The van der Waals surface area contributed by atoms with E-state index in [-0.39, 0.29) is 0 Å². The van der Waals surface area contributed by atoms with Crippen molar-refractivity contribution in [2.75, 3.05) is 20.8 Å². The molecular formula is C18H25N3O2. The highest BCUT2D eigenvalue weighted by molar-refractivity contribution is 5.41. The van der Waals surface area contributed by atoms with Gasteiger partial charge in [-0.1, -0.05) is 6.07 Å². The Labute approximate surface area is 137 Å². The number of rotatable bonds is 5. The second-order valence-electron chi connectivity index (χ2n) is 6.00. The van der Waals surface area contributed by atoms with E-state index in [4.69, 9.17) is 9.47 Å². The quantitative estimate of drug-likeness (QED) is 0.922. The van der Waals surface area contributed by atoms with Gasteiger partial charge in [0.15, 0.2) is 0 Å². The zero-order valence-electron chi connectivity index (χ0n) is 14.3. The van der Waals surface area contributed by atoms with Gasteiger partial charge in [0.05, 0.1) is 25.6 Å². The predicted octanol–water partition coefficient (Wildman–Crippen LogP) is 2.79. The van der Waals surface area contributed by atoms with Gasteiger partial charge in [-0.05, 0) is 38.3 Å². The molecule has 0 amide bonds. The average molecular weight is 315 g/mol. The van der Waals surface area contributed by atoms with Gasteiger partial charge in [-0.25, -0.2) is 4.98 Å². The number of ether oxygens (including phenoxy) is 2. The zero-order chi connectivity index (χ0) is 16.4. The number of nitrogens with one attached hydrogen (secondary N) is 1. The first-order valence-corrected chi connectivity index (χ1v) is 8.12. The summed E-state index contributed by atoms with van der Waals surface area (Å²) in [5.74, 6) is 2.83. The molecule has 0 saturated heterocycles. The number of aromatic nitrogens is 2. The molecular weight excluding hydrogens is 290 g/mol. The second-order valence-corrected chi connectivity index (χ2v) is 6.00. The molecule has 1 aromatic heterocycles. The van der Waals surface area contributed by atoms with Crippen molar-refractivity contribution in [3.05, 3.63) is 41.0 Å². The summed E-state index contributed by atoms with van der Waals surface area (Å²) in [4.78, 5) is 4.64. The molecule has 2 aromatic rings. The normalized spacial score (nSPS) is 17.0. The molecule has 0 unspecified atom stereocenters. The van der Waals surface area contributed by atoms with Crippen LogP contribution in [0.3, 0.4) is 0 Å². The first kappa shape index (κ1) is 15.9. The van der Waals surface area contributed by atoms with Crippen LogP contribution in [-0.2, 0) is 13.0 Å². The SMILES string of the molecule is COc1ccc(CC[C@H]2NCCn3c(C)nc(C)c32)c(OC)c1. The van der Waals surface area contributed by atoms with Crippen molar-refractivity contribution in [1.29, 1.82) is 0 Å². The molecule has 5 nitrogen and oxygen atoms in total. The van der Waals surface area contributed by atoms with E-state index in [0.717, 1.165) is 48.9 Å².